The molecule has 1 unspecified atom stereocenters. The molecule has 2 rings (SSSR count). The van der Waals surface area contributed by atoms with Gasteiger partial charge in [-0.25, -0.2) is 8.78 Å². The van der Waals surface area contributed by atoms with Gasteiger partial charge in [-0.15, -0.1) is 0 Å². The van der Waals surface area contributed by atoms with Crippen molar-refractivity contribution in [2.45, 2.75) is 25.3 Å². The third-order valence-corrected chi connectivity index (χ3v) is 3.29. The summed E-state index contributed by atoms with van der Waals surface area (Å²) in [6, 6.07) is 2.23. The molecule has 1 heterocycles. The normalized spacial score (nSPS) is 25.9. The predicted molar refractivity (Wildman–Crippen MR) is 56.0 cm³/mol. The second-order valence-corrected chi connectivity index (χ2v) is 4.52. The third kappa shape index (κ3) is 1.86. The highest BCUT2D eigenvalue weighted by Gasteiger charge is 2.32. The summed E-state index contributed by atoms with van der Waals surface area (Å²) < 4.78 is 26.0. The molecule has 4 heteroatoms. The Balaban J connectivity index is 2.48. The van der Waals surface area contributed by atoms with E-state index in [4.69, 9.17) is 11.6 Å². The Morgan fingerprint density at radius 2 is 2.00 bits per heavy atom. The Hall–Kier alpha value is -0.670. The lowest BCUT2D eigenvalue weighted by molar-refractivity contribution is 0.427. The minimum Gasteiger partial charge on any atom is -0.308 e. The van der Waals surface area contributed by atoms with E-state index in [9.17, 15) is 8.78 Å². The highest BCUT2D eigenvalue weighted by molar-refractivity contribution is 6.31. The molecule has 82 valence electrons. The Labute approximate surface area is 92.4 Å². The molecule has 1 aromatic rings. The van der Waals surface area contributed by atoms with E-state index in [0.29, 0.717) is 5.56 Å². The van der Waals surface area contributed by atoms with Crippen molar-refractivity contribution < 1.29 is 8.78 Å². The molecule has 1 atom stereocenters. The van der Waals surface area contributed by atoms with Gasteiger partial charge in [0.1, 0.15) is 0 Å². The van der Waals surface area contributed by atoms with Gasteiger partial charge in [0.2, 0.25) is 0 Å². The van der Waals surface area contributed by atoms with Crippen molar-refractivity contribution in [3.05, 3.63) is 34.4 Å². The van der Waals surface area contributed by atoms with Crippen molar-refractivity contribution in [2.24, 2.45) is 0 Å². The molecule has 0 radical (unpaired) electrons. The van der Waals surface area contributed by atoms with Crippen LogP contribution in [0.15, 0.2) is 12.1 Å². The summed E-state index contributed by atoms with van der Waals surface area (Å²) in [7, 11) is 0. The lowest BCUT2D eigenvalue weighted by atomic mass is 9.90. The predicted octanol–water partition coefficient (Wildman–Crippen LogP) is 3.22. The Morgan fingerprint density at radius 3 is 2.60 bits per heavy atom. The molecule has 1 N–H and O–H groups in total. The van der Waals surface area contributed by atoms with Crippen LogP contribution in [0.5, 0.6) is 0 Å². The van der Waals surface area contributed by atoms with E-state index in [1.165, 1.54) is 6.07 Å². The monoisotopic (exact) mass is 231 g/mol. The maximum atomic E-state index is 13.1. The van der Waals surface area contributed by atoms with Gasteiger partial charge in [-0.1, -0.05) is 11.6 Å². The zero-order valence-corrected chi connectivity index (χ0v) is 9.17. The van der Waals surface area contributed by atoms with Crippen molar-refractivity contribution in [3.8, 4) is 0 Å². The van der Waals surface area contributed by atoms with Crippen LogP contribution >= 0.6 is 11.6 Å². The van der Waals surface area contributed by atoms with Crippen LogP contribution in [0.25, 0.3) is 0 Å². The Bertz CT molecular complexity index is 386. The molecule has 15 heavy (non-hydrogen) atoms. The molecule has 0 aromatic heterocycles. The second kappa shape index (κ2) is 3.72. The van der Waals surface area contributed by atoms with Gasteiger partial charge in [0, 0.05) is 10.6 Å². The minimum atomic E-state index is -0.898. The van der Waals surface area contributed by atoms with Gasteiger partial charge in [-0.2, -0.15) is 0 Å². The zero-order chi connectivity index (χ0) is 11.1. The molecule has 0 bridgehead atoms. The third-order valence-electron chi connectivity index (χ3n) is 2.97. The van der Waals surface area contributed by atoms with Crippen LogP contribution in [0.2, 0.25) is 5.02 Å². The molecule has 0 spiro atoms. The lowest BCUT2D eigenvalue weighted by Gasteiger charge is -2.26. The molecular formula is C11H12ClF2N. The molecule has 0 saturated carbocycles. The molecule has 1 aliphatic rings. The van der Waals surface area contributed by atoms with Gasteiger partial charge in [-0.3, -0.25) is 0 Å². The van der Waals surface area contributed by atoms with Gasteiger partial charge in [0.05, 0.1) is 0 Å². The van der Waals surface area contributed by atoms with Gasteiger partial charge in [-0.05, 0) is 44.0 Å². The highest BCUT2D eigenvalue weighted by Crippen LogP contribution is 2.35. The Kier molecular flexibility index (Phi) is 2.69. The summed E-state index contributed by atoms with van der Waals surface area (Å²) >= 11 is 5.92. The second-order valence-electron chi connectivity index (χ2n) is 4.11. The van der Waals surface area contributed by atoms with Crippen molar-refractivity contribution in [1.82, 2.24) is 5.32 Å². The topological polar surface area (TPSA) is 12.0 Å². The van der Waals surface area contributed by atoms with Crippen LogP contribution in [0.3, 0.4) is 0 Å². The fourth-order valence-corrected chi connectivity index (χ4v) is 2.43. The van der Waals surface area contributed by atoms with Crippen molar-refractivity contribution in [3.63, 3.8) is 0 Å². The van der Waals surface area contributed by atoms with E-state index < -0.39 is 11.6 Å². The first kappa shape index (κ1) is 10.8. The summed E-state index contributed by atoms with van der Waals surface area (Å²) in [5, 5.41) is 3.55. The molecular weight excluding hydrogens is 220 g/mol. The summed E-state index contributed by atoms with van der Waals surface area (Å²) in [5.41, 5.74) is 0.312. The SMILES string of the molecule is CC1(c2cc(F)c(F)cc2Cl)CCCN1. The first-order valence-electron chi connectivity index (χ1n) is 4.93. The van der Waals surface area contributed by atoms with Gasteiger partial charge in [0.25, 0.3) is 0 Å². The van der Waals surface area contributed by atoms with Gasteiger partial charge < -0.3 is 5.32 Å². The van der Waals surface area contributed by atoms with E-state index in [1.54, 1.807) is 0 Å². The minimum absolute atomic E-state index is 0.283. The quantitative estimate of drug-likeness (QED) is 0.732. The van der Waals surface area contributed by atoms with E-state index in [0.717, 1.165) is 25.5 Å². The number of hydrogen-bond acceptors (Lipinski definition) is 1. The van der Waals surface area contributed by atoms with Crippen LogP contribution in [-0.4, -0.2) is 6.54 Å². The van der Waals surface area contributed by atoms with E-state index in [2.05, 4.69) is 5.32 Å². The smallest absolute Gasteiger partial charge is 0.160 e. The van der Waals surface area contributed by atoms with Crippen LogP contribution in [-0.2, 0) is 5.54 Å². The van der Waals surface area contributed by atoms with E-state index in [1.807, 2.05) is 6.92 Å². The molecule has 1 saturated heterocycles. The maximum absolute atomic E-state index is 13.1. The molecule has 0 amide bonds. The summed E-state index contributed by atoms with van der Waals surface area (Å²) in [6.07, 6.45) is 1.91. The standard InChI is InChI=1S/C11H12ClF2N/c1-11(3-2-4-15-11)7-5-9(13)10(14)6-8(7)12/h5-6,15H,2-4H2,1H3. The zero-order valence-electron chi connectivity index (χ0n) is 8.41. The van der Waals surface area contributed by atoms with Crippen molar-refractivity contribution >= 4 is 11.6 Å². The average Bonchev–Trinajstić information content (AvgIpc) is 2.60. The van der Waals surface area contributed by atoms with E-state index in [-0.39, 0.29) is 10.6 Å². The molecule has 0 aliphatic carbocycles. The highest BCUT2D eigenvalue weighted by atomic mass is 35.5. The molecule has 1 nitrogen and oxygen atoms in total. The summed E-state index contributed by atoms with van der Waals surface area (Å²) in [4.78, 5) is 0. The first-order chi connectivity index (χ1) is 7.03. The van der Waals surface area contributed by atoms with Crippen LogP contribution in [0.1, 0.15) is 25.3 Å². The Morgan fingerprint density at radius 1 is 1.33 bits per heavy atom. The van der Waals surface area contributed by atoms with Crippen molar-refractivity contribution in [2.75, 3.05) is 6.54 Å². The number of hydrogen-bond donors (Lipinski definition) is 1. The number of rotatable bonds is 1. The van der Waals surface area contributed by atoms with Gasteiger partial charge >= 0.3 is 0 Å². The fourth-order valence-electron chi connectivity index (χ4n) is 2.07. The first-order valence-corrected chi connectivity index (χ1v) is 5.31. The number of benzene rings is 1. The van der Waals surface area contributed by atoms with Crippen LogP contribution < -0.4 is 5.32 Å². The van der Waals surface area contributed by atoms with Crippen LogP contribution in [0.4, 0.5) is 8.78 Å². The van der Waals surface area contributed by atoms with Crippen LogP contribution in [0, 0.1) is 11.6 Å². The number of halogens is 3. The lowest BCUT2D eigenvalue weighted by Crippen LogP contribution is -2.33. The van der Waals surface area contributed by atoms with Gasteiger partial charge in [0.15, 0.2) is 11.6 Å². The molecule has 1 fully saturated rings. The van der Waals surface area contributed by atoms with E-state index >= 15 is 0 Å². The average molecular weight is 232 g/mol. The molecule has 1 aromatic carbocycles. The van der Waals surface area contributed by atoms with Crippen molar-refractivity contribution in [1.29, 1.82) is 0 Å². The number of nitrogens with one attached hydrogen (secondary N) is 1. The summed E-state index contributed by atoms with van der Waals surface area (Å²) in [6.45, 7) is 2.84. The largest absolute Gasteiger partial charge is 0.308 e. The maximum Gasteiger partial charge on any atom is 0.160 e. The fraction of sp³-hybridized carbons (Fsp3) is 0.455. The molecule has 1 aliphatic heterocycles. The summed E-state index contributed by atoms with van der Waals surface area (Å²) in [5.74, 6) is -1.74.